The standard InChI is InChI=1S/C16H14N2O3.C8H10.C2H6/c1-20-12-3-2-10(9-6-14(19)18-7-9)15-11-4-5-17-8-13(11)21-16(12)15;1-7-3-5-8(2)6-4-7;1-2/h2-5,8-9H,6-7H2,1H3,(H,18,19);3-6H,1-2H3;1-2H3. The summed E-state index contributed by atoms with van der Waals surface area (Å²) < 4.78 is 11.3. The van der Waals surface area contributed by atoms with E-state index in [1.807, 2.05) is 32.0 Å². The summed E-state index contributed by atoms with van der Waals surface area (Å²) in [5.41, 5.74) is 5.23. The van der Waals surface area contributed by atoms with E-state index in [2.05, 4.69) is 48.4 Å². The quantitative estimate of drug-likeness (QED) is 0.439. The molecule has 1 aliphatic heterocycles. The van der Waals surface area contributed by atoms with Crippen LogP contribution in [0, 0.1) is 13.8 Å². The Morgan fingerprint density at radius 1 is 1.03 bits per heavy atom. The minimum absolute atomic E-state index is 0.0958. The molecule has 4 aromatic rings. The lowest BCUT2D eigenvalue weighted by molar-refractivity contribution is -0.119. The molecule has 5 heteroatoms. The van der Waals surface area contributed by atoms with Crippen molar-refractivity contribution in [3.63, 3.8) is 0 Å². The fourth-order valence-corrected chi connectivity index (χ4v) is 3.70. The summed E-state index contributed by atoms with van der Waals surface area (Å²) >= 11 is 0. The van der Waals surface area contributed by atoms with E-state index in [1.165, 1.54) is 11.1 Å². The average molecular weight is 419 g/mol. The summed E-state index contributed by atoms with van der Waals surface area (Å²) in [6.45, 7) is 8.86. The Hall–Kier alpha value is -3.34. The van der Waals surface area contributed by atoms with Crippen molar-refractivity contribution in [2.24, 2.45) is 0 Å². The third-order valence-corrected chi connectivity index (χ3v) is 5.28. The van der Waals surface area contributed by atoms with Gasteiger partial charge in [0.15, 0.2) is 16.9 Å². The van der Waals surface area contributed by atoms with Crippen LogP contribution in [0.3, 0.4) is 0 Å². The van der Waals surface area contributed by atoms with Crippen LogP contribution in [0.2, 0.25) is 0 Å². The summed E-state index contributed by atoms with van der Waals surface area (Å²) in [5, 5.41) is 4.92. The van der Waals surface area contributed by atoms with E-state index in [1.54, 1.807) is 19.5 Å². The van der Waals surface area contributed by atoms with Crippen LogP contribution in [-0.2, 0) is 4.79 Å². The van der Waals surface area contributed by atoms with E-state index in [0.717, 1.165) is 27.5 Å². The van der Waals surface area contributed by atoms with Gasteiger partial charge in [-0.15, -0.1) is 0 Å². The second-order valence-corrected chi connectivity index (χ2v) is 7.39. The van der Waals surface area contributed by atoms with Crippen LogP contribution >= 0.6 is 0 Å². The van der Waals surface area contributed by atoms with Gasteiger partial charge in [0.1, 0.15) is 0 Å². The fourth-order valence-electron chi connectivity index (χ4n) is 3.70. The minimum Gasteiger partial charge on any atom is -0.493 e. The van der Waals surface area contributed by atoms with E-state index in [9.17, 15) is 4.79 Å². The summed E-state index contributed by atoms with van der Waals surface area (Å²) in [5.74, 6) is 0.959. The number of ether oxygens (including phenoxy) is 1. The molecule has 162 valence electrons. The van der Waals surface area contributed by atoms with E-state index in [0.29, 0.717) is 18.7 Å². The van der Waals surface area contributed by atoms with Gasteiger partial charge in [0.25, 0.3) is 0 Å². The number of furan rings is 1. The smallest absolute Gasteiger partial charge is 0.220 e. The van der Waals surface area contributed by atoms with Crippen molar-refractivity contribution in [2.45, 2.75) is 40.0 Å². The molecule has 5 nitrogen and oxygen atoms in total. The monoisotopic (exact) mass is 418 g/mol. The number of hydrogen-bond acceptors (Lipinski definition) is 4. The molecule has 0 aliphatic carbocycles. The highest BCUT2D eigenvalue weighted by Gasteiger charge is 2.27. The first-order valence-corrected chi connectivity index (χ1v) is 10.7. The Bertz CT molecular complexity index is 1140. The number of carbonyl (C=O) groups is 1. The molecule has 1 fully saturated rings. The van der Waals surface area contributed by atoms with Gasteiger partial charge >= 0.3 is 0 Å². The minimum atomic E-state index is 0.0958. The fraction of sp³-hybridized carbons (Fsp3) is 0.308. The van der Waals surface area contributed by atoms with Gasteiger partial charge in [0, 0.05) is 35.9 Å². The van der Waals surface area contributed by atoms with Crippen molar-refractivity contribution in [2.75, 3.05) is 13.7 Å². The second-order valence-electron chi connectivity index (χ2n) is 7.39. The van der Waals surface area contributed by atoms with Crippen molar-refractivity contribution >= 4 is 27.8 Å². The Balaban J connectivity index is 0.000000230. The highest BCUT2D eigenvalue weighted by molar-refractivity contribution is 6.08. The van der Waals surface area contributed by atoms with Crippen LogP contribution in [0.1, 0.15) is 42.9 Å². The zero-order valence-electron chi connectivity index (χ0n) is 18.9. The molecule has 1 atom stereocenters. The summed E-state index contributed by atoms with van der Waals surface area (Å²) in [6, 6.07) is 14.3. The third-order valence-electron chi connectivity index (χ3n) is 5.28. The number of nitrogens with zero attached hydrogens (tertiary/aromatic N) is 1. The van der Waals surface area contributed by atoms with Crippen molar-refractivity contribution in [1.82, 2.24) is 10.3 Å². The molecule has 1 unspecified atom stereocenters. The molecule has 5 rings (SSSR count). The van der Waals surface area contributed by atoms with Crippen LogP contribution in [0.4, 0.5) is 0 Å². The van der Waals surface area contributed by atoms with Gasteiger partial charge in [-0.3, -0.25) is 9.78 Å². The van der Waals surface area contributed by atoms with Gasteiger partial charge in [0.2, 0.25) is 5.91 Å². The lowest BCUT2D eigenvalue weighted by Gasteiger charge is -2.11. The summed E-state index contributed by atoms with van der Waals surface area (Å²) in [6.07, 6.45) is 3.97. The number of nitrogens with one attached hydrogen (secondary N) is 1. The van der Waals surface area contributed by atoms with Gasteiger partial charge in [-0.05, 0) is 31.5 Å². The largest absolute Gasteiger partial charge is 0.493 e. The Morgan fingerprint density at radius 3 is 2.29 bits per heavy atom. The topological polar surface area (TPSA) is 64.4 Å². The van der Waals surface area contributed by atoms with Crippen molar-refractivity contribution in [3.8, 4) is 5.75 Å². The predicted octanol–water partition coefficient (Wildman–Crippen LogP) is 5.92. The highest BCUT2D eigenvalue weighted by atomic mass is 16.5. The van der Waals surface area contributed by atoms with E-state index in [-0.39, 0.29) is 11.8 Å². The summed E-state index contributed by atoms with van der Waals surface area (Å²) in [7, 11) is 1.63. The molecular formula is C26H30N2O3. The molecule has 2 aromatic heterocycles. The molecule has 0 saturated carbocycles. The number of aromatic nitrogens is 1. The second kappa shape index (κ2) is 10.1. The van der Waals surface area contributed by atoms with E-state index >= 15 is 0 Å². The third kappa shape index (κ3) is 4.88. The zero-order chi connectivity index (χ0) is 22.4. The van der Waals surface area contributed by atoms with Crippen LogP contribution in [0.15, 0.2) is 59.3 Å². The molecular weight excluding hydrogens is 388 g/mol. The number of aryl methyl sites for hydroxylation is 2. The van der Waals surface area contributed by atoms with Gasteiger partial charge in [-0.2, -0.15) is 0 Å². The first-order chi connectivity index (χ1) is 15.1. The number of carbonyl (C=O) groups excluding carboxylic acids is 1. The van der Waals surface area contributed by atoms with Crippen LogP contribution < -0.4 is 10.1 Å². The molecule has 31 heavy (non-hydrogen) atoms. The molecule has 3 heterocycles. The van der Waals surface area contributed by atoms with E-state index < -0.39 is 0 Å². The van der Waals surface area contributed by atoms with Gasteiger partial charge in [0.05, 0.1) is 13.3 Å². The Kier molecular flexibility index (Phi) is 7.29. The normalized spacial score (nSPS) is 15.0. The predicted molar refractivity (Wildman–Crippen MR) is 126 cm³/mol. The SMILES string of the molecule is CC.COc1ccc(C2CNC(=O)C2)c2c1oc1cnccc12.Cc1ccc(C)cc1. The van der Waals surface area contributed by atoms with Crippen molar-refractivity contribution in [1.29, 1.82) is 0 Å². The van der Waals surface area contributed by atoms with Crippen molar-refractivity contribution < 1.29 is 13.9 Å². The molecule has 1 saturated heterocycles. The van der Waals surface area contributed by atoms with Crippen molar-refractivity contribution in [3.05, 3.63) is 71.5 Å². The molecule has 0 bridgehead atoms. The molecule has 1 amide bonds. The van der Waals surface area contributed by atoms with Crippen LogP contribution in [-0.4, -0.2) is 24.5 Å². The zero-order valence-corrected chi connectivity index (χ0v) is 18.9. The van der Waals surface area contributed by atoms with Gasteiger partial charge in [-0.25, -0.2) is 0 Å². The maximum Gasteiger partial charge on any atom is 0.220 e. The lowest BCUT2D eigenvalue weighted by atomic mass is 9.93. The average Bonchev–Trinajstić information content (AvgIpc) is 3.41. The summed E-state index contributed by atoms with van der Waals surface area (Å²) in [4.78, 5) is 15.6. The first-order valence-electron chi connectivity index (χ1n) is 10.7. The van der Waals surface area contributed by atoms with Crippen LogP contribution in [0.5, 0.6) is 5.75 Å². The molecule has 2 aromatic carbocycles. The lowest BCUT2D eigenvalue weighted by Crippen LogP contribution is -2.13. The van der Waals surface area contributed by atoms with Crippen LogP contribution in [0.25, 0.3) is 21.9 Å². The molecule has 0 radical (unpaired) electrons. The highest BCUT2D eigenvalue weighted by Crippen LogP contribution is 2.40. The number of rotatable bonds is 2. The maximum atomic E-state index is 11.5. The Labute approximate surface area is 183 Å². The maximum absolute atomic E-state index is 11.5. The number of hydrogen-bond donors (Lipinski definition) is 1. The molecule has 1 aliphatic rings. The molecule has 1 N–H and O–H groups in total. The number of pyridine rings is 1. The molecule has 0 spiro atoms. The number of benzene rings is 2. The number of amides is 1. The van der Waals surface area contributed by atoms with E-state index in [4.69, 9.17) is 9.15 Å². The van der Waals surface area contributed by atoms with Gasteiger partial charge in [-0.1, -0.05) is 55.3 Å². The Morgan fingerprint density at radius 2 is 1.71 bits per heavy atom. The number of methoxy groups -OCH3 is 1. The van der Waals surface area contributed by atoms with Gasteiger partial charge < -0.3 is 14.5 Å². The number of fused-ring (bicyclic) bond motifs is 3. The first kappa shape index (κ1) is 22.3.